The summed E-state index contributed by atoms with van der Waals surface area (Å²) in [5, 5.41) is 5.79. The maximum atomic E-state index is 12.7. The Labute approximate surface area is 185 Å². The molecule has 3 heterocycles. The first kappa shape index (κ1) is 21.1. The van der Waals surface area contributed by atoms with Crippen LogP contribution in [0, 0.1) is 5.92 Å². The average Bonchev–Trinajstić information content (AvgIpc) is 3.24. The van der Waals surface area contributed by atoms with Crippen LogP contribution >= 0.6 is 11.3 Å². The van der Waals surface area contributed by atoms with E-state index in [9.17, 15) is 9.59 Å². The van der Waals surface area contributed by atoms with E-state index in [-0.39, 0.29) is 24.2 Å². The van der Waals surface area contributed by atoms with Gasteiger partial charge in [-0.2, -0.15) is 0 Å². The van der Waals surface area contributed by atoms with Crippen molar-refractivity contribution in [2.45, 2.75) is 25.8 Å². The van der Waals surface area contributed by atoms with Crippen molar-refractivity contribution in [1.82, 2.24) is 14.9 Å². The highest BCUT2D eigenvalue weighted by Crippen LogP contribution is 2.24. The molecule has 2 aromatic heterocycles. The van der Waals surface area contributed by atoms with E-state index in [2.05, 4.69) is 20.2 Å². The second kappa shape index (κ2) is 9.80. The van der Waals surface area contributed by atoms with E-state index in [1.54, 1.807) is 12.4 Å². The zero-order valence-corrected chi connectivity index (χ0v) is 18.0. The smallest absolute Gasteiger partial charge is 0.230 e. The summed E-state index contributed by atoms with van der Waals surface area (Å²) in [5.74, 6) is -0.446. The summed E-state index contributed by atoms with van der Waals surface area (Å²) in [4.78, 5) is 35.2. The molecule has 0 bridgehead atoms. The van der Waals surface area contributed by atoms with Gasteiger partial charge in [-0.15, -0.1) is 11.3 Å². The fourth-order valence-corrected chi connectivity index (χ4v) is 4.63. The second-order valence-corrected chi connectivity index (χ2v) is 8.60. The van der Waals surface area contributed by atoms with Crippen LogP contribution in [0.3, 0.4) is 0 Å². The maximum absolute atomic E-state index is 12.7. The Bertz CT molecular complexity index is 1050. The lowest BCUT2D eigenvalue weighted by atomic mass is 9.97. The lowest BCUT2D eigenvalue weighted by Crippen LogP contribution is -2.40. The number of piperidine rings is 1. The van der Waals surface area contributed by atoms with Crippen molar-refractivity contribution in [2.24, 2.45) is 11.7 Å². The number of nitrogens with zero attached hydrogens (tertiary/aromatic N) is 3. The minimum atomic E-state index is -0.236. The number of pyridine rings is 1. The highest BCUT2D eigenvalue weighted by Gasteiger charge is 2.24. The van der Waals surface area contributed by atoms with Gasteiger partial charge in [-0.05, 0) is 43.1 Å². The van der Waals surface area contributed by atoms with Gasteiger partial charge in [0.2, 0.25) is 11.8 Å². The lowest BCUT2D eigenvalue weighted by Gasteiger charge is -2.31. The molecule has 160 valence electrons. The fourth-order valence-electron chi connectivity index (χ4n) is 3.82. The zero-order valence-electron chi connectivity index (χ0n) is 17.2. The molecule has 1 aromatic carbocycles. The normalized spacial score (nSPS) is 16.7. The van der Waals surface area contributed by atoms with Gasteiger partial charge in [-0.3, -0.25) is 19.5 Å². The Morgan fingerprint density at radius 3 is 2.90 bits per heavy atom. The van der Waals surface area contributed by atoms with Crippen molar-refractivity contribution >= 4 is 28.8 Å². The first-order valence-electron chi connectivity index (χ1n) is 10.3. The Morgan fingerprint density at radius 1 is 1.23 bits per heavy atom. The molecule has 1 saturated heterocycles. The third-order valence-corrected chi connectivity index (χ3v) is 6.34. The van der Waals surface area contributed by atoms with E-state index in [0.29, 0.717) is 13.1 Å². The Kier molecular flexibility index (Phi) is 6.69. The van der Waals surface area contributed by atoms with Crippen LogP contribution in [0.25, 0.3) is 10.6 Å². The molecule has 4 rings (SSSR count). The van der Waals surface area contributed by atoms with Crippen molar-refractivity contribution in [3.8, 4) is 10.6 Å². The van der Waals surface area contributed by atoms with Crippen LogP contribution in [-0.4, -0.2) is 39.8 Å². The summed E-state index contributed by atoms with van der Waals surface area (Å²) in [7, 11) is 0. The van der Waals surface area contributed by atoms with Crippen molar-refractivity contribution in [3.05, 3.63) is 65.4 Å². The van der Waals surface area contributed by atoms with E-state index in [1.165, 1.54) is 11.3 Å². The summed E-state index contributed by atoms with van der Waals surface area (Å²) in [6.45, 7) is 2.25. The van der Waals surface area contributed by atoms with E-state index < -0.39 is 0 Å². The van der Waals surface area contributed by atoms with Gasteiger partial charge in [0.05, 0.1) is 18.0 Å². The van der Waals surface area contributed by atoms with Crippen LogP contribution in [0.5, 0.6) is 0 Å². The summed E-state index contributed by atoms with van der Waals surface area (Å²) in [5.41, 5.74) is 8.99. The third kappa shape index (κ3) is 5.53. The number of hydrogen-bond acceptors (Lipinski definition) is 6. The van der Waals surface area contributed by atoms with Gasteiger partial charge in [-0.25, -0.2) is 4.98 Å². The van der Waals surface area contributed by atoms with Crippen LogP contribution in [0.2, 0.25) is 0 Å². The molecule has 1 atom stereocenters. The van der Waals surface area contributed by atoms with Crippen LogP contribution in [0.1, 0.15) is 24.1 Å². The zero-order chi connectivity index (χ0) is 21.6. The molecule has 0 saturated carbocycles. The number of likely N-dealkylation sites (tertiary alicyclic amines) is 1. The van der Waals surface area contributed by atoms with Crippen LogP contribution in [0.15, 0.2) is 54.2 Å². The number of nitrogens with two attached hydrogens (primary N) is 1. The number of carbonyl (C=O) groups is 2. The first-order chi connectivity index (χ1) is 15.1. The first-order valence-corrected chi connectivity index (χ1v) is 11.2. The number of nitrogens with one attached hydrogen (secondary N) is 1. The molecule has 1 aliphatic rings. The van der Waals surface area contributed by atoms with Gasteiger partial charge in [0.25, 0.3) is 0 Å². The second-order valence-electron chi connectivity index (χ2n) is 7.74. The molecule has 31 heavy (non-hydrogen) atoms. The molecule has 3 aromatic rings. The molecular formula is C23H25N5O2S. The number of para-hydroxylation sites is 1. The van der Waals surface area contributed by atoms with Crippen molar-refractivity contribution in [3.63, 3.8) is 0 Å². The summed E-state index contributed by atoms with van der Waals surface area (Å²) >= 11 is 1.50. The molecule has 0 radical (unpaired) electrons. The number of benzene rings is 1. The van der Waals surface area contributed by atoms with E-state index in [0.717, 1.165) is 46.9 Å². The number of aromatic nitrogens is 2. The molecule has 7 nitrogen and oxygen atoms in total. The van der Waals surface area contributed by atoms with E-state index in [4.69, 9.17) is 5.73 Å². The predicted molar refractivity (Wildman–Crippen MR) is 121 cm³/mol. The highest BCUT2D eigenvalue weighted by molar-refractivity contribution is 7.13. The highest BCUT2D eigenvalue weighted by atomic mass is 32.1. The van der Waals surface area contributed by atoms with E-state index in [1.807, 2.05) is 41.8 Å². The van der Waals surface area contributed by atoms with Crippen molar-refractivity contribution in [1.29, 1.82) is 0 Å². The number of primary amides is 1. The van der Waals surface area contributed by atoms with Gasteiger partial charge in [-0.1, -0.05) is 18.2 Å². The SMILES string of the molecule is NC(=O)C1CCCN(Cc2ccccc2NC(=O)Cc2csc(-c3cccnc3)n2)C1. The third-order valence-electron chi connectivity index (χ3n) is 5.40. The summed E-state index contributed by atoms with van der Waals surface area (Å²) in [6.07, 6.45) is 5.49. The number of amides is 2. The number of hydrogen-bond donors (Lipinski definition) is 2. The van der Waals surface area contributed by atoms with Gasteiger partial charge in [0, 0.05) is 42.1 Å². The molecule has 3 N–H and O–H groups in total. The minimum absolute atomic E-state index is 0.103. The van der Waals surface area contributed by atoms with Gasteiger partial charge >= 0.3 is 0 Å². The van der Waals surface area contributed by atoms with Gasteiger partial charge in [0.15, 0.2) is 0 Å². The van der Waals surface area contributed by atoms with Crippen molar-refractivity contribution in [2.75, 3.05) is 18.4 Å². The maximum Gasteiger partial charge on any atom is 0.230 e. The Morgan fingerprint density at radius 2 is 2.10 bits per heavy atom. The monoisotopic (exact) mass is 435 g/mol. The lowest BCUT2D eigenvalue weighted by molar-refractivity contribution is -0.123. The number of carbonyl (C=O) groups excluding carboxylic acids is 2. The molecule has 0 aliphatic carbocycles. The van der Waals surface area contributed by atoms with Crippen LogP contribution in [-0.2, 0) is 22.6 Å². The van der Waals surface area contributed by atoms with Crippen LogP contribution in [0.4, 0.5) is 5.69 Å². The topological polar surface area (TPSA) is 101 Å². The molecular weight excluding hydrogens is 410 g/mol. The predicted octanol–water partition coefficient (Wildman–Crippen LogP) is 3.08. The van der Waals surface area contributed by atoms with Gasteiger partial charge in [0.1, 0.15) is 5.01 Å². The van der Waals surface area contributed by atoms with E-state index >= 15 is 0 Å². The molecule has 1 aliphatic heterocycles. The average molecular weight is 436 g/mol. The Hall–Kier alpha value is -3.10. The molecule has 1 fully saturated rings. The van der Waals surface area contributed by atoms with Gasteiger partial charge < -0.3 is 11.1 Å². The number of anilines is 1. The van der Waals surface area contributed by atoms with Crippen LogP contribution < -0.4 is 11.1 Å². The standard InChI is InChI=1S/C23H25N5O2S/c24-22(30)18-7-4-10-28(14-18)13-17-5-1-2-8-20(17)27-21(29)11-19-15-31-23(26-19)16-6-3-9-25-12-16/h1-3,5-6,8-9,12,15,18H,4,7,10-11,13-14H2,(H2,24,30)(H,27,29). The molecule has 2 amide bonds. The molecule has 1 unspecified atom stereocenters. The fraction of sp³-hybridized carbons (Fsp3) is 0.304. The quantitative estimate of drug-likeness (QED) is 0.594. The molecule has 0 spiro atoms. The van der Waals surface area contributed by atoms with Crippen molar-refractivity contribution < 1.29 is 9.59 Å². The molecule has 8 heteroatoms. The number of rotatable bonds is 7. The number of thiazole rings is 1. The largest absolute Gasteiger partial charge is 0.369 e. The summed E-state index contributed by atoms with van der Waals surface area (Å²) in [6, 6.07) is 11.6. The Balaban J connectivity index is 1.39. The summed E-state index contributed by atoms with van der Waals surface area (Å²) < 4.78 is 0. The minimum Gasteiger partial charge on any atom is -0.369 e.